The standard InChI is InChI=1S/C70H66BN3O/c1-41-20-18-21-42(2)65(41)73-57-26-16-14-22-51(57)54-39-56-60(40-58(54)73)72(49-31-28-46(29-32-49)68(5,6)7)61-37-48(70(11,12)13)38-62-64(61)71(56)55-33-30-47(69(8,9)10)36-59(55)74(62)66-43(3)34-45(35-44(66)4)50-24-19-25-53-52-23-15-17-27-63(52)75-67(50)53/h14-40H,1-13H3. The lowest BCUT2D eigenvalue weighted by atomic mass is 9.33. The number of benzene rings is 9. The van der Waals surface area contributed by atoms with Gasteiger partial charge in [-0.1, -0.05) is 165 Å². The molecule has 5 heteroatoms. The molecule has 2 aliphatic heterocycles. The van der Waals surface area contributed by atoms with E-state index < -0.39 is 0 Å². The molecule has 0 aliphatic carbocycles. The molecule has 11 aromatic rings. The zero-order chi connectivity index (χ0) is 52.2. The number of furan rings is 1. The van der Waals surface area contributed by atoms with Gasteiger partial charge in [0.1, 0.15) is 11.2 Å². The zero-order valence-corrected chi connectivity index (χ0v) is 45.9. The first-order chi connectivity index (χ1) is 35.8. The van der Waals surface area contributed by atoms with Crippen molar-refractivity contribution >= 4 is 101 Å². The number of fused-ring (bicyclic) bond motifs is 10. The third-order valence-electron chi connectivity index (χ3n) is 16.7. The molecule has 0 unspecified atom stereocenters. The monoisotopic (exact) mass is 976 g/mol. The van der Waals surface area contributed by atoms with E-state index in [1.807, 2.05) is 0 Å². The van der Waals surface area contributed by atoms with E-state index in [2.05, 4.69) is 268 Å². The normalized spacial score (nSPS) is 13.6. The molecule has 4 heterocycles. The first-order valence-corrected chi connectivity index (χ1v) is 27.0. The van der Waals surface area contributed by atoms with Crippen LogP contribution in [0.15, 0.2) is 168 Å². The number of aromatic nitrogens is 1. The number of anilines is 6. The highest BCUT2D eigenvalue weighted by Gasteiger charge is 2.45. The fraction of sp³-hybridized carbons (Fsp3) is 0.229. The molecule has 13 rings (SSSR count). The first kappa shape index (κ1) is 47.0. The summed E-state index contributed by atoms with van der Waals surface area (Å²) in [5.74, 6) is 0. The Morgan fingerprint density at radius 3 is 1.65 bits per heavy atom. The second kappa shape index (κ2) is 16.4. The third kappa shape index (κ3) is 7.17. The van der Waals surface area contributed by atoms with E-state index in [0.717, 1.165) is 38.8 Å². The molecule has 0 saturated heterocycles. The molecule has 9 aromatic carbocycles. The highest BCUT2D eigenvalue weighted by atomic mass is 16.3. The molecule has 0 spiro atoms. The Bertz CT molecular complexity index is 4140. The van der Waals surface area contributed by atoms with Gasteiger partial charge in [-0.05, 0) is 165 Å². The summed E-state index contributed by atoms with van der Waals surface area (Å²) in [6.45, 7) is 30.1. The maximum atomic E-state index is 6.66. The quantitative estimate of drug-likeness (QED) is 0.164. The number of hydrogen-bond acceptors (Lipinski definition) is 3. The Kier molecular flexibility index (Phi) is 10.3. The summed E-state index contributed by atoms with van der Waals surface area (Å²) < 4.78 is 9.20. The van der Waals surface area contributed by atoms with Gasteiger partial charge in [0.05, 0.1) is 22.4 Å². The van der Waals surface area contributed by atoms with Crippen LogP contribution in [0, 0.1) is 27.7 Å². The number of rotatable bonds is 4. The summed E-state index contributed by atoms with van der Waals surface area (Å²) in [5, 5.41) is 4.82. The van der Waals surface area contributed by atoms with Crippen molar-refractivity contribution in [3.63, 3.8) is 0 Å². The molecule has 0 radical (unpaired) electrons. The molecule has 4 nitrogen and oxygen atoms in total. The summed E-state index contributed by atoms with van der Waals surface area (Å²) in [6, 6.07) is 62.5. The molecule has 75 heavy (non-hydrogen) atoms. The van der Waals surface area contributed by atoms with Gasteiger partial charge >= 0.3 is 0 Å². The van der Waals surface area contributed by atoms with Crippen molar-refractivity contribution in [1.29, 1.82) is 0 Å². The van der Waals surface area contributed by atoms with Gasteiger partial charge in [-0.3, -0.25) is 0 Å². The average molecular weight is 976 g/mol. The average Bonchev–Trinajstić information content (AvgIpc) is 3.94. The van der Waals surface area contributed by atoms with Gasteiger partial charge in [-0.2, -0.15) is 0 Å². The molecule has 0 saturated carbocycles. The topological polar surface area (TPSA) is 24.6 Å². The second-order valence-electron chi connectivity index (χ2n) is 24.9. The molecule has 0 atom stereocenters. The Labute approximate surface area is 443 Å². The summed E-state index contributed by atoms with van der Waals surface area (Å²) >= 11 is 0. The van der Waals surface area contributed by atoms with Gasteiger partial charge in [0.25, 0.3) is 6.71 Å². The fourth-order valence-electron chi connectivity index (χ4n) is 12.8. The van der Waals surface area contributed by atoms with E-state index in [-0.39, 0.29) is 23.0 Å². The number of para-hydroxylation sites is 4. The predicted octanol–water partition coefficient (Wildman–Crippen LogP) is 17.6. The number of hydrogen-bond donors (Lipinski definition) is 0. The van der Waals surface area contributed by atoms with Crippen LogP contribution in [0.3, 0.4) is 0 Å². The van der Waals surface area contributed by atoms with Crippen molar-refractivity contribution in [2.75, 3.05) is 9.80 Å². The van der Waals surface area contributed by atoms with Crippen molar-refractivity contribution in [2.24, 2.45) is 0 Å². The van der Waals surface area contributed by atoms with Crippen LogP contribution in [0.1, 0.15) is 101 Å². The predicted molar refractivity (Wildman–Crippen MR) is 323 cm³/mol. The minimum Gasteiger partial charge on any atom is -0.455 e. The first-order valence-electron chi connectivity index (χ1n) is 27.0. The van der Waals surface area contributed by atoms with Crippen molar-refractivity contribution in [1.82, 2.24) is 4.57 Å². The number of aryl methyl sites for hydroxylation is 4. The van der Waals surface area contributed by atoms with Crippen LogP contribution >= 0.6 is 0 Å². The molecular weight excluding hydrogens is 910 g/mol. The zero-order valence-electron chi connectivity index (χ0n) is 45.9. The molecular formula is C70H66BN3O. The summed E-state index contributed by atoms with van der Waals surface area (Å²) in [6.07, 6.45) is 0. The largest absolute Gasteiger partial charge is 0.455 e. The van der Waals surface area contributed by atoms with Gasteiger partial charge < -0.3 is 18.8 Å². The van der Waals surface area contributed by atoms with Gasteiger partial charge in [-0.25, -0.2) is 0 Å². The molecule has 0 amide bonds. The molecule has 370 valence electrons. The minimum absolute atomic E-state index is 0.00716. The lowest BCUT2D eigenvalue weighted by Gasteiger charge is -2.46. The molecule has 0 bridgehead atoms. The van der Waals surface area contributed by atoms with E-state index in [9.17, 15) is 0 Å². The van der Waals surface area contributed by atoms with Crippen LogP contribution in [0.2, 0.25) is 0 Å². The highest BCUT2D eigenvalue weighted by Crippen LogP contribution is 2.50. The van der Waals surface area contributed by atoms with E-state index in [1.165, 1.54) is 111 Å². The second-order valence-corrected chi connectivity index (χ2v) is 24.9. The molecule has 2 aromatic heterocycles. The van der Waals surface area contributed by atoms with Crippen LogP contribution in [-0.4, -0.2) is 11.3 Å². The van der Waals surface area contributed by atoms with Crippen LogP contribution < -0.4 is 26.2 Å². The van der Waals surface area contributed by atoms with E-state index in [1.54, 1.807) is 0 Å². The third-order valence-corrected chi connectivity index (χ3v) is 16.7. The van der Waals surface area contributed by atoms with Gasteiger partial charge in [0, 0.05) is 55.5 Å². The van der Waals surface area contributed by atoms with Crippen molar-refractivity contribution in [3.05, 3.63) is 203 Å². The van der Waals surface area contributed by atoms with Gasteiger partial charge in [-0.15, -0.1) is 0 Å². The van der Waals surface area contributed by atoms with Gasteiger partial charge in [0.2, 0.25) is 0 Å². The highest BCUT2D eigenvalue weighted by molar-refractivity contribution is 7.00. The molecule has 0 fully saturated rings. The number of nitrogens with zero attached hydrogens (tertiary/aromatic N) is 3. The Balaban J connectivity index is 1.13. The summed E-state index contributed by atoms with van der Waals surface area (Å²) in [4.78, 5) is 5.27. The van der Waals surface area contributed by atoms with E-state index >= 15 is 0 Å². The lowest BCUT2D eigenvalue weighted by molar-refractivity contribution is 0.589. The van der Waals surface area contributed by atoms with Crippen LogP contribution in [-0.2, 0) is 16.2 Å². The van der Waals surface area contributed by atoms with E-state index in [0.29, 0.717) is 0 Å². The van der Waals surface area contributed by atoms with Crippen LogP contribution in [0.5, 0.6) is 0 Å². The summed E-state index contributed by atoms with van der Waals surface area (Å²) in [7, 11) is 0. The molecule has 2 aliphatic rings. The van der Waals surface area contributed by atoms with E-state index in [4.69, 9.17) is 4.42 Å². The van der Waals surface area contributed by atoms with Gasteiger partial charge in [0.15, 0.2) is 0 Å². The Morgan fingerprint density at radius 1 is 0.400 bits per heavy atom. The lowest BCUT2D eigenvalue weighted by Crippen LogP contribution is -2.61. The Morgan fingerprint density at radius 2 is 0.973 bits per heavy atom. The van der Waals surface area contributed by atoms with Crippen molar-refractivity contribution < 1.29 is 4.42 Å². The minimum atomic E-state index is -0.166. The fourth-order valence-corrected chi connectivity index (χ4v) is 12.8. The van der Waals surface area contributed by atoms with Crippen LogP contribution in [0.25, 0.3) is 60.6 Å². The maximum absolute atomic E-state index is 6.66. The SMILES string of the molecule is Cc1cc(-c2cccc3c2oc2ccccc23)cc(C)c1N1c2cc(C(C)(C)C)ccc2B2c3cc4c5ccccc5n(-c5c(C)cccc5C)c4cc3N(c3ccc(C(C)(C)C)cc3)c3cc(C(C)(C)C)cc1c32. The molecule has 0 N–H and O–H groups in total. The smallest absolute Gasteiger partial charge is 0.252 e. The Hall–Kier alpha value is -7.76. The van der Waals surface area contributed by atoms with Crippen molar-refractivity contribution in [3.8, 4) is 16.8 Å². The van der Waals surface area contributed by atoms with Crippen molar-refractivity contribution in [2.45, 2.75) is 106 Å². The van der Waals surface area contributed by atoms with Crippen LogP contribution in [0.4, 0.5) is 34.1 Å². The maximum Gasteiger partial charge on any atom is 0.252 e. The summed E-state index contributed by atoms with van der Waals surface area (Å²) in [5.41, 5.74) is 27.7.